The summed E-state index contributed by atoms with van der Waals surface area (Å²) in [7, 11) is 0. The van der Waals surface area contributed by atoms with Crippen LogP contribution >= 0.6 is 12.2 Å². The molecule has 1 N–H and O–H groups in total. The lowest BCUT2D eigenvalue weighted by Crippen LogP contribution is -2.34. The van der Waals surface area contributed by atoms with Crippen molar-refractivity contribution in [3.63, 3.8) is 0 Å². The minimum Gasteiger partial charge on any atom is -0.454 e. The van der Waals surface area contributed by atoms with E-state index < -0.39 is 0 Å². The molecule has 0 fully saturated rings. The van der Waals surface area contributed by atoms with Crippen molar-refractivity contribution < 1.29 is 14.3 Å². The third-order valence-electron chi connectivity index (χ3n) is 5.95. The number of amides is 1. The van der Waals surface area contributed by atoms with Gasteiger partial charge in [0.2, 0.25) is 12.7 Å². The Labute approximate surface area is 189 Å². The second kappa shape index (κ2) is 8.63. The molecule has 2 aromatic carbocycles. The molecule has 3 aromatic rings. The monoisotopic (exact) mass is 449 g/mol. The Morgan fingerprint density at radius 3 is 2.66 bits per heavy atom. The predicted octanol–water partition coefficient (Wildman–Crippen LogP) is 3.88. The normalized spacial score (nSPS) is 15.1. The lowest BCUT2D eigenvalue weighted by molar-refractivity contribution is -0.130. The van der Waals surface area contributed by atoms with Crippen LogP contribution in [-0.4, -0.2) is 40.2 Å². The highest BCUT2D eigenvalue weighted by Crippen LogP contribution is 2.34. The van der Waals surface area contributed by atoms with Crippen LogP contribution in [0.25, 0.3) is 16.5 Å². The van der Waals surface area contributed by atoms with Crippen molar-refractivity contribution >= 4 is 34.6 Å². The van der Waals surface area contributed by atoms with Crippen molar-refractivity contribution in [2.75, 3.05) is 19.9 Å². The molecule has 5 rings (SSSR count). The number of ether oxygens (including phenoxy) is 2. The van der Waals surface area contributed by atoms with E-state index in [4.69, 9.17) is 21.7 Å². The van der Waals surface area contributed by atoms with E-state index in [1.54, 1.807) is 12.1 Å². The van der Waals surface area contributed by atoms with E-state index in [2.05, 4.69) is 23.2 Å². The molecule has 0 saturated carbocycles. The van der Waals surface area contributed by atoms with Crippen LogP contribution in [0.5, 0.6) is 11.5 Å². The van der Waals surface area contributed by atoms with Crippen LogP contribution in [0.1, 0.15) is 24.8 Å². The van der Waals surface area contributed by atoms with Crippen molar-refractivity contribution in [3.8, 4) is 11.5 Å². The molecule has 1 aromatic heterocycles. The molecule has 7 nitrogen and oxygen atoms in total. The van der Waals surface area contributed by atoms with E-state index in [0.29, 0.717) is 59.6 Å². The summed E-state index contributed by atoms with van der Waals surface area (Å²) in [5, 5.41) is 0.490. The van der Waals surface area contributed by atoms with Crippen LogP contribution in [0.15, 0.2) is 53.3 Å². The van der Waals surface area contributed by atoms with Gasteiger partial charge in [0.15, 0.2) is 16.3 Å². The number of nitrogens with zero attached hydrogens (tertiary/aromatic N) is 2. The Kier molecular flexibility index (Phi) is 5.53. The molecule has 0 bridgehead atoms. The minimum atomic E-state index is -0.192. The molecule has 0 spiro atoms. The molecule has 164 valence electrons. The summed E-state index contributed by atoms with van der Waals surface area (Å²) in [5.41, 5.74) is 2.92. The zero-order valence-electron chi connectivity index (χ0n) is 17.5. The zero-order valence-corrected chi connectivity index (χ0v) is 18.3. The Bertz CT molecular complexity index is 1330. The molecule has 0 saturated heterocycles. The summed E-state index contributed by atoms with van der Waals surface area (Å²) in [6.07, 6.45) is 3.89. The van der Waals surface area contributed by atoms with Gasteiger partial charge in [0.1, 0.15) is 0 Å². The fourth-order valence-electron chi connectivity index (χ4n) is 4.20. The Balaban J connectivity index is 1.23. The first-order chi connectivity index (χ1) is 15.6. The number of rotatable bonds is 5. The summed E-state index contributed by atoms with van der Waals surface area (Å²) in [6, 6.07) is 13.7. The molecule has 2 aliphatic rings. The highest BCUT2D eigenvalue weighted by molar-refractivity contribution is 7.71. The first-order valence-corrected chi connectivity index (χ1v) is 11.1. The first-order valence-electron chi connectivity index (χ1n) is 10.7. The van der Waals surface area contributed by atoms with E-state index in [0.717, 1.165) is 6.42 Å². The molecule has 32 heavy (non-hydrogen) atoms. The first kappa shape index (κ1) is 20.5. The van der Waals surface area contributed by atoms with Crippen LogP contribution < -0.4 is 15.0 Å². The second-order valence-electron chi connectivity index (χ2n) is 7.93. The number of nitrogens with one attached hydrogen (secondary N) is 1. The van der Waals surface area contributed by atoms with Gasteiger partial charge in [-0.1, -0.05) is 36.4 Å². The topological polar surface area (TPSA) is 76.6 Å². The van der Waals surface area contributed by atoms with Gasteiger partial charge in [-0.25, -0.2) is 0 Å². The smallest absolute Gasteiger partial charge is 0.262 e. The van der Waals surface area contributed by atoms with Gasteiger partial charge in [-0.2, -0.15) is 0 Å². The number of aromatic nitrogens is 2. The van der Waals surface area contributed by atoms with Crippen LogP contribution in [-0.2, 0) is 11.3 Å². The van der Waals surface area contributed by atoms with Gasteiger partial charge in [-0.05, 0) is 42.3 Å². The molecular weight excluding hydrogens is 426 g/mol. The second-order valence-corrected chi connectivity index (χ2v) is 8.31. The molecule has 0 aliphatic carbocycles. The van der Waals surface area contributed by atoms with E-state index in [9.17, 15) is 9.59 Å². The van der Waals surface area contributed by atoms with Crippen LogP contribution in [0.4, 0.5) is 0 Å². The number of carbonyl (C=O) groups excluding carboxylic acids is 1. The lowest BCUT2D eigenvalue weighted by Gasteiger charge is -2.27. The molecule has 2 aliphatic heterocycles. The summed E-state index contributed by atoms with van der Waals surface area (Å²) in [4.78, 5) is 30.6. The predicted molar refractivity (Wildman–Crippen MR) is 124 cm³/mol. The van der Waals surface area contributed by atoms with Crippen LogP contribution in [0.3, 0.4) is 0 Å². The molecule has 3 heterocycles. The quantitative estimate of drug-likeness (QED) is 0.598. The molecular formula is C24H23N3O4S. The third kappa shape index (κ3) is 3.93. The van der Waals surface area contributed by atoms with Crippen molar-refractivity contribution in [3.05, 3.63) is 69.2 Å². The maximum Gasteiger partial charge on any atom is 0.262 e. The van der Waals surface area contributed by atoms with Gasteiger partial charge in [-0.15, -0.1) is 0 Å². The maximum atomic E-state index is 13.0. The summed E-state index contributed by atoms with van der Waals surface area (Å²) < 4.78 is 12.6. The number of hydrogen-bond donors (Lipinski definition) is 1. The molecule has 0 atom stereocenters. The largest absolute Gasteiger partial charge is 0.454 e. The van der Waals surface area contributed by atoms with Crippen molar-refractivity contribution in [2.45, 2.75) is 25.8 Å². The average Bonchev–Trinajstić information content (AvgIpc) is 3.28. The number of aromatic amines is 1. The van der Waals surface area contributed by atoms with Crippen molar-refractivity contribution in [1.29, 1.82) is 0 Å². The summed E-state index contributed by atoms with van der Waals surface area (Å²) in [5.74, 6) is 1.24. The van der Waals surface area contributed by atoms with Gasteiger partial charge in [0.25, 0.3) is 5.56 Å². The van der Waals surface area contributed by atoms with Crippen molar-refractivity contribution in [1.82, 2.24) is 14.5 Å². The van der Waals surface area contributed by atoms with Crippen molar-refractivity contribution in [2.24, 2.45) is 0 Å². The lowest BCUT2D eigenvalue weighted by atomic mass is 9.99. The molecule has 0 unspecified atom stereocenters. The highest BCUT2D eigenvalue weighted by atomic mass is 32.1. The third-order valence-corrected chi connectivity index (χ3v) is 6.28. The van der Waals surface area contributed by atoms with Gasteiger partial charge in [0.05, 0.1) is 10.9 Å². The fourth-order valence-corrected chi connectivity index (χ4v) is 4.49. The summed E-state index contributed by atoms with van der Waals surface area (Å²) >= 11 is 5.39. The molecule has 1 amide bonds. The van der Waals surface area contributed by atoms with Gasteiger partial charge in [0, 0.05) is 32.1 Å². The fraction of sp³-hybridized carbons (Fsp3) is 0.292. The van der Waals surface area contributed by atoms with E-state index >= 15 is 0 Å². The average molecular weight is 450 g/mol. The van der Waals surface area contributed by atoms with E-state index in [1.165, 1.54) is 15.7 Å². The Hall–Kier alpha value is -3.39. The number of hydrogen-bond acceptors (Lipinski definition) is 5. The van der Waals surface area contributed by atoms with Crippen LogP contribution in [0.2, 0.25) is 0 Å². The van der Waals surface area contributed by atoms with E-state index in [-0.39, 0.29) is 18.3 Å². The molecule has 8 heteroatoms. The summed E-state index contributed by atoms with van der Waals surface area (Å²) in [6.45, 7) is 1.85. The SMILES string of the molecule is O=C(CCCn1c(=S)[nH]c2cc3c(cc2c1=O)OCO3)N1CC=C(c2ccccc2)CC1. The Morgan fingerprint density at radius 1 is 1.12 bits per heavy atom. The van der Waals surface area contributed by atoms with Gasteiger partial charge >= 0.3 is 0 Å². The Morgan fingerprint density at radius 2 is 1.91 bits per heavy atom. The van der Waals surface area contributed by atoms with E-state index in [1.807, 2.05) is 23.1 Å². The zero-order chi connectivity index (χ0) is 22.1. The number of carbonyl (C=O) groups is 1. The molecule has 0 radical (unpaired) electrons. The standard InChI is InChI=1S/C24H23N3O4S/c28-22(26-11-8-17(9-12-26)16-5-2-1-3-6-16)7-4-10-27-23(29)18-13-20-21(31-15-30-20)14-19(18)25-24(27)32/h1-3,5-6,8,13-14H,4,7,9-12,15H2,(H,25,32). The minimum absolute atomic E-state index is 0.0977. The number of fused-ring (bicyclic) bond motifs is 2. The maximum absolute atomic E-state index is 13.0. The highest BCUT2D eigenvalue weighted by Gasteiger charge is 2.19. The van der Waals surface area contributed by atoms with Crippen LogP contribution in [0, 0.1) is 4.77 Å². The number of benzene rings is 2. The number of H-pyrrole nitrogens is 1. The van der Waals surface area contributed by atoms with Gasteiger partial charge < -0.3 is 19.4 Å². The van der Waals surface area contributed by atoms with Gasteiger partial charge in [-0.3, -0.25) is 14.2 Å².